The van der Waals surface area contributed by atoms with Gasteiger partial charge in [-0.15, -0.1) is 11.3 Å². The van der Waals surface area contributed by atoms with Gasteiger partial charge in [-0.05, 0) is 31.9 Å². The van der Waals surface area contributed by atoms with E-state index in [1.165, 1.54) is 0 Å². The molecule has 1 aromatic heterocycles. The highest BCUT2D eigenvalue weighted by Crippen LogP contribution is 2.20. The zero-order chi connectivity index (χ0) is 19.5. The molecule has 1 aromatic carbocycles. The third-order valence-corrected chi connectivity index (χ3v) is 5.16. The maximum Gasteiger partial charge on any atom is 0.193 e. The SMILES string of the molecule is CN=C(NCCCCOc1ccccc1)N(C)Cc1csc(C(C)OC)n1. The van der Waals surface area contributed by atoms with Crippen molar-refractivity contribution in [2.24, 2.45) is 4.99 Å². The monoisotopic (exact) mass is 390 g/mol. The molecule has 0 aliphatic heterocycles. The number of benzene rings is 1. The molecule has 148 valence electrons. The van der Waals surface area contributed by atoms with Gasteiger partial charge in [0.2, 0.25) is 0 Å². The minimum atomic E-state index is 0.0320. The zero-order valence-corrected chi connectivity index (χ0v) is 17.5. The maximum atomic E-state index is 5.71. The molecule has 0 aliphatic carbocycles. The van der Waals surface area contributed by atoms with Crippen molar-refractivity contribution in [3.8, 4) is 5.75 Å². The van der Waals surface area contributed by atoms with Gasteiger partial charge in [0.25, 0.3) is 0 Å². The third-order valence-electron chi connectivity index (χ3n) is 4.11. The Balaban J connectivity index is 1.67. The molecule has 0 bridgehead atoms. The second-order valence-electron chi connectivity index (χ2n) is 6.25. The number of para-hydroxylation sites is 1. The summed E-state index contributed by atoms with van der Waals surface area (Å²) in [7, 11) is 5.53. The average Bonchev–Trinajstić information content (AvgIpc) is 3.16. The van der Waals surface area contributed by atoms with E-state index in [2.05, 4.69) is 25.6 Å². The number of nitrogens with zero attached hydrogens (tertiary/aromatic N) is 3. The molecule has 0 amide bonds. The Morgan fingerprint density at radius 2 is 2.07 bits per heavy atom. The summed E-state index contributed by atoms with van der Waals surface area (Å²) < 4.78 is 11.0. The standard InChI is InChI=1S/C20H30N4O2S/c1-16(25-4)19-23-17(15-27-19)14-24(3)20(21-2)22-12-8-9-13-26-18-10-6-5-7-11-18/h5-7,10-11,15-16H,8-9,12-14H2,1-4H3,(H,21,22). The fourth-order valence-corrected chi connectivity index (χ4v) is 3.36. The number of ether oxygens (including phenoxy) is 2. The Kier molecular flexibility index (Phi) is 9.07. The first-order chi connectivity index (χ1) is 13.1. The Hall–Kier alpha value is -2.12. The molecule has 6 nitrogen and oxygen atoms in total. The number of thiazole rings is 1. The minimum Gasteiger partial charge on any atom is -0.494 e. The van der Waals surface area contributed by atoms with Gasteiger partial charge < -0.3 is 19.7 Å². The second kappa shape index (κ2) is 11.6. The van der Waals surface area contributed by atoms with Crippen LogP contribution in [-0.2, 0) is 11.3 Å². The summed E-state index contributed by atoms with van der Waals surface area (Å²) in [5, 5.41) is 6.48. The summed E-state index contributed by atoms with van der Waals surface area (Å²) in [6, 6.07) is 9.91. The van der Waals surface area contributed by atoms with Crippen molar-refractivity contribution in [3.63, 3.8) is 0 Å². The Morgan fingerprint density at radius 1 is 1.30 bits per heavy atom. The fraction of sp³-hybridized carbons (Fsp3) is 0.500. The lowest BCUT2D eigenvalue weighted by Gasteiger charge is -2.21. The van der Waals surface area contributed by atoms with E-state index >= 15 is 0 Å². The number of rotatable bonds is 10. The molecule has 0 fully saturated rings. The van der Waals surface area contributed by atoms with Crippen LogP contribution >= 0.6 is 11.3 Å². The normalized spacial score (nSPS) is 12.7. The van der Waals surface area contributed by atoms with E-state index in [0.29, 0.717) is 6.54 Å². The summed E-state index contributed by atoms with van der Waals surface area (Å²) in [4.78, 5) is 11.1. The molecule has 0 saturated carbocycles. The van der Waals surface area contributed by atoms with Crippen LogP contribution in [-0.4, -0.2) is 50.2 Å². The van der Waals surface area contributed by atoms with E-state index in [9.17, 15) is 0 Å². The van der Waals surface area contributed by atoms with Crippen molar-refractivity contribution < 1.29 is 9.47 Å². The third kappa shape index (κ3) is 7.19. The molecule has 0 aliphatic rings. The Labute approximate surface area is 166 Å². The molecule has 1 atom stereocenters. The molecule has 1 N–H and O–H groups in total. The van der Waals surface area contributed by atoms with E-state index < -0.39 is 0 Å². The first-order valence-corrected chi connectivity index (χ1v) is 10.1. The number of aliphatic imine (C=N–C) groups is 1. The van der Waals surface area contributed by atoms with Crippen LogP contribution in [0.2, 0.25) is 0 Å². The molecule has 0 radical (unpaired) electrons. The smallest absolute Gasteiger partial charge is 0.193 e. The van der Waals surface area contributed by atoms with Crippen LogP contribution in [0, 0.1) is 0 Å². The molecule has 0 saturated heterocycles. The molecule has 1 heterocycles. The van der Waals surface area contributed by atoms with Crippen LogP contribution in [0.15, 0.2) is 40.7 Å². The van der Waals surface area contributed by atoms with Crippen LogP contribution in [0.3, 0.4) is 0 Å². The van der Waals surface area contributed by atoms with Gasteiger partial charge in [0.05, 0.1) is 18.8 Å². The average molecular weight is 391 g/mol. The van der Waals surface area contributed by atoms with Crippen molar-refractivity contribution in [1.82, 2.24) is 15.2 Å². The van der Waals surface area contributed by atoms with Crippen molar-refractivity contribution in [3.05, 3.63) is 46.4 Å². The van der Waals surface area contributed by atoms with Crippen molar-refractivity contribution in [2.75, 3.05) is 34.4 Å². The Bertz CT molecular complexity index is 690. The fourth-order valence-electron chi connectivity index (χ4n) is 2.52. The first-order valence-electron chi connectivity index (χ1n) is 9.20. The van der Waals surface area contributed by atoms with Crippen LogP contribution in [0.4, 0.5) is 0 Å². The zero-order valence-electron chi connectivity index (χ0n) is 16.6. The van der Waals surface area contributed by atoms with Gasteiger partial charge in [-0.1, -0.05) is 18.2 Å². The number of methoxy groups -OCH3 is 1. The van der Waals surface area contributed by atoms with Crippen LogP contribution in [0.25, 0.3) is 0 Å². The van der Waals surface area contributed by atoms with E-state index in [4.69, 9.17) is 9.47 Å². The predicted octanol–water partition coefficient (Wildman–Crippen LogP) is 3.72. The summed E-state index contributed by atoms with van der Waals surface area (Å²) >= 11 is 1.63. The van der Waals surface area contributed by atoms with Crippen LogP contribution in [0.5, 0.6) is 5.75 Å². The van der Waals surface area contributed by atoms with Gasteiger partial charge in [0.15, 0.2) is 5.96 Å². The molecule has 2 rings (SSSR count). The predicted molar refractivity (Wildman–Crippen MR) is 112 cm³/mol. The lowest BCUT2D eigenvalue weighted by atomic mass is 10.3. The van der Waals surface area contributed by atoms with Gasteiger partial charge in [-0.3, -0.25) is 4.99 Å². The number of unbranched alkanes of at least 4 members (excludes halogenated alkanes) is 1. The van der Waals surface area contributed by atoms with Crippen LogP contribution in [0.1, 0.15) is 36.6 Å². The summed E-state index contributed by atoms with van der Waals surface area (Å²) in [6.07, 6.45) is 2.04. The Morgan fingerprint density at radius 3 is 2.78 bits per heavy atom. The number of guanidine groups is 1. The molecule has 2 aromatic rings. The summed E-state index contributed by atoms with van der Waals surface area (Å²) in [5.74, 6) is 1.79. The van der Waals surface area contributed by atoms with Gasteiger partial charge in [-0.25, -0.2) is 4.98 Å². The molecular weight excluding hydrogens is 360 g/mol. The topological polar surface area (TPSA) is 59.0 Å². The molecule has 7 heteroatoms. The van der Waals surface area contributed by atoms with Crippen molar-refractivity contribution in [1.29, 1.82) is 0 Å². The number of hydrogen-bond acceptors (Lipinski definition) is 5. The largest absolute Gasteiger partial charge is 0.494 e. The van der Waals surface area contributed by atoms with Gasteiger partial charge >= 0.3 is 0 Å². The van der Waals surface area contributed by atoms with E-state index in [1.54, 1.807) is 25.5 Å². The maximum absolute atomic E-state index is 5.71. The molecule has 0 spiro atoms. The van der Waals surface area contributed by atoms with Crippen molar-refractivity contribution >= 4 is 17.3 Å². The quantitative estimate of drug-likeness (QED) is 0.381. The number of hydrogen-bond donors (Lipinski definition) is 1. The first kappa shape index (κ1) is 21.2. The van der Waals surface area contributed by atoms with Gasteiger partial charge in [0, 0.05) is 33.1 Å². The van der Waals surface area contributed by atoms with E-state index in [-0.39, 0.29) is 6.10 Å². The highest BCUT2D eigenvalue weighted by Gasteiger charge is 2.12. The van der Waals surface area contributed by atoms with E-state index in [0.717, 1.165) is 48.4 Å². The van der Waals surface area contributed by atoms with E-state index in [1.807, 2.05) is 44.3 Å². The molecule has 27 heavy (non-hydrogen) atoms. The van der Waals surface area contributed by atoms with Crippen LogP contribution < -0.4 is 10.1 Å². The van der Waals surface area contributed by atoms with Gasteiger partial charge in [0.1, 0.15) is 16.9 Å². The molecule has 1 unspecified atom stereocenters. The van der Waals surface area contributed by atoms with Crippen molar-refractivity contribution in [2.45, 2.75) is 32.4 Å². The summed E-state index contributed by atoms with van der Waals surface area (Å²) in [5.41, 5.74) is 1.03. The second-order valence-corrected chi connectivity index (χ2v) is 7.14. The highest BCUT2D eigenvalue weighted by molar-refractivity contribution is 7.09. The lowest BCUT2D eigenvalue weighted by molar-refractivity contribution is 0.119. The summed E-state index contributed by atoms with van der Waals surface area (Å²) in [6.45, 7) is 4.30. The van der Waals surface area contributed by atoms with Gasteiger partial charge in [-0.2, -0.15) is 0 Å². The molecular formula is C20H30N4O2S. The number of nitrogens with one attached hydrogen (secondary N) is 1. The number of aromatic nitrogens is 1. The lowest BCUT2D eigenvalue weighted by Crippen LogP contribution is -2.39. The minimum absolute atomic E-state index is 0.0320. The highest BCUT2D eigenvalue weighted by atomic mass is 32.1.